The van der Waals surface area contributed by atoms with E-state index in [1.165, 1.54) is 11.0 Å². The predicted octanol–water partition coefficient (Wildman–Crippen LogP) is 1.38. The molecule has 1 aromatic rings. The molecule has 0 aliphatic carbocycles. The minimum absolute atomic E-state index is 0. The van der Waals surface area contributed by atoms with Crippen molar-refractivity contribution in [2.24, 2.45) is 0 Å². The van der Waals surface area contributed by atoms with E-state index in [0.29, 0.717) is 37.3 Å². The van der Waals surface area contributed by atoms with Crippen LogP contribution in [0.15, 0.2) is 18.2 Å². The zero-order chi connectivity index (χ0) is 19.2. The fourth-order valence-corrected chi connectivity index (χ4v) is 3.77. The molecule has 3 heterocycles. The Labute approximate surface area is 196 Å². The number of anilines is 2. The van der Waals surface area contributed by atoms with Gasteiger partial charge in [0.05, 0.1) is 17.9 Å². The van der Waals surface area contributed by atoms with Crippen LogP contribution in [0.4, 0.5) is 25.4 Å². The van der Waals surface area contributed by atoms with Gasteiger partial charge in [0, 0.05) is 57.2 Å². The first-order valence-corrected chi connectivity index (χ1v) is 8.73. The third-order valence-electron chi connectivity index (χ3n) is 5.32. The van der Waals surface area contributed by atoms with E-state index in [1.807, 2.05) is 4.90 Å². The Morgan fingerprint density at radius 1 is 1.25 bits per heavy atom. The van der Waals surface area contributed by atoms with Gasteiger partial charge in [0.25, 0.3) is 5.91 Å². The molecule has 0 aromatic heterocycles. The molecule has 28 heavy (non-hydrogen) atoms. The summed E-state index contributed by atoms with van der Waals surface area (Å²) < 4.78 is 19.7. The van der Waals surface area contributed by atoms with Gasteiger partial charge in [0.15, 0.2) is 0 Å². The van der Waals surface area contributed by atoms with Gasteiger partial charge in [0.1, 0.15) is 17.5 Å². The number of ether oxygens (including phenoxy) is 1. The topological polar surface area (TPSA) is 115 Å². The monoisotopic (exact) mass is 603 g/mol. The summed E-state index contributed by atoms with van der Waals surface area (Å²) in [6, 6.07) is 4.02. The van der Waals surface area contributed by atoms with E-state index in [-0.39, 0.29) is 63.1 Å². The van der Waals surface area contributed by atoms with Crippen molar-refractivity contribution in [2.75, 3.05) is 36.0 Å². The molecule has 4 rings (SSSR count). The molecular formula is C17H19AcFN5O4-. The maximum absolute atomic E-state index is 14.7. The van der Waals surface area contributed by atoms with E-state index >= 15 is 0 Å². The molecule has 4 amide bonds. The van der Waals surface area contributed by atoms with Crippen LogP contribution < -0.4 is 20.4 Å². The predicted molar refractivity (Wildman–Crippen MR) is 94.1 cm³/mol. The molecule has 1 radical (unpaired) electrons. The number of benzene rings is 1. The quantitative estimate of drug-likeness (QED) is 0.507. The van der Waals surface area contributed by atoms with Crippen LogP contribution in [0.3, 0.4) is 0 Å². The first-order chi connectivity index (χ1) is 12.9. The summed E-state index contributed by atoms with van der Waals surface area (Å²) in [7, 11) is 0. The number of hydrogen-bond acceptors (Lipinski definition) is 5. The van der Waals surface area contributed by atoms with Crippen LogP contribution in [0.5, 0.6) is 0 Å². The van der Waals surface area contributed by atoms with Crippen molar-refractivity contribution >= 4 is 29.4 Å². The summed E-state index contributed by atoms with van der Waals surface area (Å²) in [6.45, 7) is 1.01. The molecule has 3 saturated heterocycles. The number of halogens is 1. The van der Waals surface area contributed by atoms with Crippen molar-refractivity contribution < 1.29 is 67.6 Å². The molecule has 3 aliphatic rings. The number of imide groups is 1. The number of carbonyl (C=O) groups is 3. The Morgan fingerprint density at radius 2 is 1.96 bits per heavy atom. The maximum atomic E-state index is 14.7. The number of cyclic esters (lactones) is 1. The van der Waals surface area contributed by atoms with Crippen LogP contribution in [0.2, 0.25) is 0 Å². The summed E-state index contributed by atoms with van der Waals surface area (Å²) in [6.07, 6.45) is -0.321. The molecule has 3 N–H and O–H groups in total. The molecule has 3 fully saturated rings. The van der Waals surface area contributed by atoms with E-state index in [9.17, 15) is 18.8 Å². The molecular weight excluding hydrogens is 584 g/mol. The van der Waals surface area contributed by atoms with Crippen molar-refractivity contribution in [2.45, 2.75) is 24.5 Å². The van der Waals surface area contributed by atoms with Gasteiger partial charge in [-0.3, -0.25) is 15.0 Å². The van der Waals surface area contributed by atoms with Gasteiger partial charge in [-0.25, -0.2) is 14.0 Å². The number of nitrogens with zero attached hydrogens (tertiary/aromatic N) is 2. The standard InChI is InChI=1S/C17H19FN5O4.Ac/c18-12-7-10(23-9-11(8-19)27-16(23)26)1-2-13(12)22-5-3-17(4-6-22)14(24)20-15(25)21-17;/h1-2,7,11,19H,3-6,8-9H2,(H2,20,21,24,25);/q-1;/t11-;/m0./s1. The molecule has 1 aromatic carbocycles. The summed E-state index contributed by atoms with van der Waals surface area (Å²) in [5.41, 5.74) is 7.16. The van der Waals surface area contributed by atoms with E-state index in [1.54, 1.807) is 12.1 Å². The van der Waals surface area contributed by atoms with Gasteiger partial charge < -0.3 is 20.7 Å². The maximum Gasteiger partial charge on any atom is 0.414 e. The molecule has 147 valence electrons. The number of rotatable bonds is 3. The summed E-state index contributed by atoms with van der Waals surface area (Å²) in [5.74, 6) is -0.815. The number of hydrogen-bond donors (Lipinski definition) is 2. The van der Waals surface area contributed by atoms with Crippen molar-refractivity contribution in [3.05, 3.63) is 29.7 Å². The number of piperidine rings is 1. The van der Waals surface area contributed by atoms with Gasteiger partial charge >= 0.3 is 12.1 Å². The van der Waals surface area contributed by atoms with E-state index in [4.69, 9.17) is 10.5 Å². The van der Waals surface area contributed by atoms with Crippen molar-refractivity contribution in [1.82, 2.24) is 10.6 Å². The minimum Gasteiger partial charge on any atom is -0.674 e. The smallest absolute Gasteiger partial charge is 0.414 e. The second-order valence-corrected chi connectivity index (χ2v) is 6.93. The molecule has 0 saturated carbocycles. The van der Waals surface area contributed by atoms with Crippen LogP contribution in [-0.4, -0.2) is 55.9 Å². The van der Waals surface area contributed by atoms with Crippen molar-refractivity contribution in [3.63, 3.8) is 0 Å². The van der Waals surface area contributed by atoms with Crippen LogP contribution in [0.1, 0.15) is 12.8 Å². The molecule has 3 aliphatic heterocycles. The summed E-state index contributed by atoms with van der Waals surface area (Å²) in [5, 5.41) is 4.92. The third-order valence-corrected chi connectivity index (χ3v) is 5.32. The van der Waals surface area contributed by atoms with Crippen LogP contribution in [-0.2, 0) is 9.53 Å². The van der Waals surface area contributed by atoms with E-state index in [0.717, 1.165) is 0 Å². The van der Waals surface area contributed by atoms with Gasteiger partial charge in [-0.2, -0.15) is 0 Å². The first-order valence-electron chi connectivity index (χ1n) is 8.73. The summed E-state index contributed by atoms with van der Waals surface area (Å²) >= 11 is 0. The third kappa shape index (κ3) is 3.72. The Morgan fingerprint density at radius 3 is 2.50 bits per heavy atom. The number of amides is 4. The summed E-state index contributed by atoms with van der Waals surface area (Å²) in [4.78, 5) is 38.4. The second-order valence-electron chi connectivity index (χ2n) is 6.93. The minimum atomic E-state index is -0.908. The van der Waals surface area contributed by atoms with Gasteiger partial charge in [0.2, 0.25) is 0 Å². The van der Waals surface area contributed by atoms with Crippen molar-refractivity contribution in [1.29, 1.82) is 0 Å². The fraction of sp³-hybridized carbons (Fsp3) is 0.471. The first kappa shape index (κ1) is 21.3. The number of urea groups is 1. The Balaban J connectivity index is 0.00000225. The number of nitrogens with one attached hydrogen (secondary N) is 3. The molecule has 0 bridgehead atoms. The van der Waals surface area contributed by atoms with E-state index in [2.05, 4.69) is 10.6 Å². The average Bonchev–Trinajstić information content (AvgIpc) is 3.15. The van der Waals surface area contributed by atoms with Crippen LogP contribution in [0, 0.1) is 49.9 Å². The van der Waals surface area contributed by atoms with Crippen LogP contribution in [0.25, 0.3) is 5.73 Å². The SMILES string of the molecule is [Ac].[NH-]C[C@H]1CN(c2ccc(N3CCC4(CC3)NC(=O)NC4=O)c(F)c2)C(=O)O1. The van der Waals surface area contributed by atoms with Gasteiger partial charge in [-0.1, -0.05) is 0 Å². The van der Waals surface area contributed by atoms with Gasteiger partial charge in [-0.15, -0.1) is 6.54 Å². The molecule has 9 nitrogen and oxygen atoms in total. The number of carbonyl (C=O) groups excluding carboxylic acids is 3. The molecule has 11 heteroatoms. The van der Waals surface area contributed by atoms with E-state index < -0.39 is 29.6 Å². The van der Waals surface area contributed by atoms with Crippen LogP contribution >= 0.6 is 0 Å². The van der Waals surface area contributed by atoms with Crippen molar-refractivity contribution in [3.8, 4) is 0 Å². The Kier molecular flexibility index (Phi) is 6.17. The fourth-order valence-electron chi connectivity index (χ4n) is 3.77. The largest absolute Gasteiger partial charge is 0.674 e. The Hall–Kier alpha value is -1.44. The normalized spacial score (nSPS) is 23.4. The second kappa shape index (κ2) is 8.13. The molecule has 0 unspecified atom stereocenters. The molecule has 1 spiro atoms. The zero-order valence-electron chi connectivity index (χ0n) is 15.0. The average molecular weight is 603 g/mol. The molecule has 1 atom stereocenters. The van der Waals surface area contributed by atoms with Gasteiger partial charge in [-0.05, 0) is 31.0 Å². The zero-order valence-corrected chi connectivity index (χ0v) is 19.8. The Bertz CT molecular complexity index is 815.